The summed E-state index contributed by atoms with van der Waals surface area (Å²) in [7, 11) is 0. The molecule has 0 bridgehead atoms. The topological polar surface area (TPSA) is 64.3 Å². The molecule has 0 spiro atoms. The van der Waals surface area contributed by atoms with E-state index in [-0.39, 0.29) is 5.60 Å². The second-order valence-electron chi connectivity index (χ2n) is 6.72. The summed E-state index contributed by atoms with van der Waals surface area (Å²) in [6.45, 7) is 8.84. The van der Waals surface area contributed by atoms with Crippen molar-refractivity contribution in [2.75, 3.05) is 13.1 Å². The fraction of sp³-hybridized carbons (Fsp3) is 0.611. The number of benzene rings is 1. The molecular weight excluding hydrogens is 356 g/mol. The van der Waals surface area contributed by atoms with Gasteiger partial charge in [0.15, 0.2) is 0 Å². The van der Waals surface area contributed by atoms with Crippen molar-refractivity contribution in [3.63, 3.8) is 0 Å². The van der Waals surface area contributed by atoms with Crippen LogP contribution in [0.1, 0.15) is 56.2 Å². The van der Waals surface area contributed by atoms with Crippen LogP contribution in [-0.4, -0.2) is 25.2 Å². The van der Waals surface area contributed by atoms with Crippen LogP contribution >= 0.6 is 15.9 Å². The number of nitrogens with two attached hydrogens (primary N) is 1. The van der Waals surface area contributed by atoms with Gasteiger partial charge in [0.2, 0.25) is 0 Å². The molecule has 0 saturated carbocycles. The number of rotatable bonds is 4. The Bertz CT molecular complexity index is 480. The standard InChI is InChI=1S/C13H19BrN2.C5H10O2/c14-8-12-2-1-11(7-13(12)9-15)10-3-5-16-6-4-10;1-5(2,3)7-4-6/h1-2,7,10,16H,3-6,8-9,15H2;4H,1-3H3. The van der Waals surface area contributed by atoms with Gasteiger partial charge in [0.05, 0.1) is 0 Å². The molecule has 5 heteroatoms. The molecule has 0 atom stereocenters. The molecule has 3 N–H and O–H groups in total. The number of alkyl halides is 1. The number of hydrogen-bond acceptors (Lipinski definition) is 4. The first kappa shape index (κ1) is 20.1. The van der Waals surface area contributed by atoms with Crippen molar-refractivity contribution in [3.8, 4) is 0 Å². The Hall–Kier alpha value is -0.910. The van der Waals surface area contributed by atoms with Crippen molar-refractivity contribution in [2.45, 2.75) is 57.0 Å². The van der Waals surface area contributed by atoms with E-state index >= 15 is 0 Å². The minimum absolute atomic E-state index is 0.318. The van der Waals surface area contributed by atoms with Gasteiger partial charge in [0.25, 0.3) is 6.47 Å². The fourth-order valence-corrected chi connectivity index (χ4v) is 3.07. The molecule has 1 aliphatic rings. The second kappa shape index (κ2) is 10.1. The average molecular weight is 385 g/mol. The molecule has 0 unspecified atom stereocenters. The van der Waals surface area contributed by atoms with E-state index in [9.17, 15) is 4.79 Å². The van der Waals surface area contributed by atoms with Crippen LogP contribution in [0.15, 0.2) is 18.2 Å². The van der Waals surface area contributed by atoms with Crippen LogP contribution in [0.3, 0.4) is 0 Å². The van der Waals surface area contributed by atoms with E-state index in [0.29, 0.717) is 13.0 Å². The minimum atomic E-state index is -0.318. The maximum absolute atomic E-state index is 9.60. The van der Waals surface area contributed by atoms with E-state index in [1.165, 1.54) is 29.5 Å². The van der Waals surface area contributed by atoms with Gasteiger partial charge in [-0.2, -0.15) is 0 Å². The number of carbonyl (C=O) groups is 1. The highest BCUT2D eigenvalue weighted by atomic mass is 79.9. The summed E-state index contributed by atoms with van der Waals surface area (Å²) in [5, 5.41) is 4.30. The predicted molar refractivity (Wildman–Crippen MR) is 98.7 cm³/mol. The quantitative estimate of drug-likeness (QED) is 0.616. The Kier molecular flexibility index (Phi) is 8.81. The summed E-state index contributed by atoms with van der Waals surface area (Å²) in [4.78, 5) is 9.60. The Morgan fingerprint density at radius 1 is 1.30 bits per heavy atom. The van der Waals surface area contributed by atoms with Gasteiger partial charge in [-0.1, -0.05) is 34.1 Å². The van der Waals surface area contributed by atoms with Gasteiger partial charge in [-0.05, 0) is 69.3 Å². The van der Waals surface area contributed by atoms with Crippen LogP contribution in [-0.2, 0) is 21.4 Å². The van der Waals surface area contributed by atoms with Gasteiger partial charge in [-0.3, -0.25) is 4.79 Å². The Labute approximate surface area is 148 Å². The van der Waals surface area contributed by atoms with E-state index < -0.39 is 0 Å². The molecule has 0 amide bonds. The first-order chi connectivity index (χ1) is 10.9. The van der Waals surface area contributed by atoms with Gasteiger partial charge >= 0.3 is 0 Å². The molecule has 4 nitrogen and oxygen atoms in total. The normalized spacial score (nSPS) is 15.5. The van der Waals surface area contributed by atoms with Gasteiger partial charge < -0.3 is 15.8 Å². The largest absolute Gasteiger partial charge is 0.462 e. The highest BCUT2D eigenvalue weighted by Gasteiger charge is 2.15. The molecule has 2 rings (SSSR count). The first-order valence-electron chi connectivity index (χ1n) is 8.11. The van der Waals surface area contributed by atoms with Gasteiger partial charge in [-0.15, -0.1) is 0 Å². The van der Waals surface area contributed by atoms with Crippen molar-refractivity contribution in [2.24, 2.45) is 5.73 Å². The molecule has 1 aromatic rings. The molecule has 1 fully saturated rings. The first-order valence-corrected chi connectivity index (χ1v) is 9.23. The summed E-state index contributed by atoms with van der Waals surface area (Å²) in [5.74, 6) is 0.718. The van der Waals surface area contributed by atoms with Crippen molar-refractivity contribution in [3.05, 3.63) is 34.9 Å². The summed E-state index contributed by atoms with van der Waals surface area (Å²) in [6, 6.07) is 6.78. The molecule has 23 heavy (non-hydrogen) atoms. The zero-order valence-corrected chi connectivity index (χ0v) is 16.0. The third kappa shape index (κ3) is 7.46. The summed E-state index contributed by atoms with van der Waals surface area (Å²) < 4.78 is 4.55. The van der Waals surface area contributed by atoms with E-state index in [4.69, 9.17) is 5.73 Å². The van der Waals surface area contributed by atoms with Crippen molar-refractivity contribution >= 4 is 22.4 Å². The van der Waals surface area contributed by atoms with E-state index in [0.717, 1.165) is 24.3 Å². The van der Waals surface area contributed by atoms with Crippen LogP contribution in [0.2, 0.25) is 0 Å². The maximum atomic E-state index is 9.60. The van der Waals surface area contributed by atoms with Crippen LogP contribution in [0.5, 0.6) is 0 Å². The van der Waals surface area contributed by atoms with Crippen molar-refractivity contribution in [1.29, 1.82) is 0 Å². The number of carbonyl (C=O) groups excluding carboxylic acids is 1. The van der Waals surface area contributed by atoms with E-state index in [2.05, 4.69) is 44.2 Å². The predicted octanol–water partition coefficient (Wildman–Crippen LogP) is 3.47. The summed E-state index contributed by atoms with van der Waals surface area (Å²) in [6.07, 6.45) is 2.50. The third-order valence-corrected chi connectivity index (χ3v) is 4.41. The van der Waals surface area contributed by atoms with Gasteiger partial charge in [0.1, 0.15) is 5.60 Å². The second-order valence-corrected chi connectivity index (χ2v) is 7.28. The lowest BCUT2D eigenvalue weighted by molar-refractivity contribution is -0.138. The Morgan fingerprint density at radius 2 is 1.96 bits per heavy atom. The summed E-state index contributed by atoms with van der Waals surface area (Å²) in [5.41, 5.74) is 9.54. The van der Waals surface area contributed by atoms with Gasteiger partial charge in [-0.25, -0.2) is 0 Å². The highest BCUT2D eigenvalue weighted by Crippen LogP contribution is 2.27. The number of halogens is 1. The number of hydrogen-bond donors (Lipinski definition) is 2. The smallest absolute Gasteiger partial charge is 0.293 e. The van der Waals surface area contributed by atoms with Crippen LogP contribution in [0.25, 0.3) is 0 Å². The minimum Gasteiger partial charge on any atom is -0.462 e. The van der Waals surface area contributed by atoms with E-state index in [1.54, 1.807) is 0 Å². The fourth-order valence-electron chi connectivity index (χ4n) is 2.52. The lowest BCUT2D eigenvalue weighted by Gasteiger charge is -2.23. The van der Waals surface area contributed by atoms with Crippen LogP contribution < -0.4 is 11.1 Å². The zero-order valence-electron chi connectivity index (χ0n) is 14.4. The number of piperidine rings is 1. The van der Waals surface area contributed by atoms with Gasteiger partial charge in [0, 0.05) is 11.9 Å². The molecule has 1 saturated heterocycles. The lowest BCUT2D eigenvalue weighted by atomic mass is 9.88. The maximum Gasteiger partial charge on any atom is 0.293 e. The molecule has 0 aromatic heterocycles. The van der Waals surface area contributed by atoms with Crippen molar-refractivity contribution in [1.82, 2.24) is 5.32 Å². The molecule has 1 aromatic carbocycles. The Balaban J connectivity index is 0.000000322. The molecule has 130 valence electrons. The summed E-state index contributed by atoms with van der Waals surface area (Å²) >= 11 is 3.50. The highest BCUT2D eigenvalue weighted by molar-refractivity contribution is 9.08. The molecule has 0 radical (unpaired) electrons. The number of nitrogens with one attached hydrogen (secondary N) is 1. The molecule has 0 aliphatic carbocycles. The van der Waals surface area contributed by atoms with Crippen molar-refractivity contribution < 1.29 is 9.53 Å². The molecular formula is C18H29BrN2O2. The third-order valence-electron chi connectivity index (χ3n) is 3.81. The monoisotopic (exact) mass is 384 g/mol. The molecule has 1 heterocycles. The zero-order chi connectivity index (χ0) is 17.3. The van der Waals surface area contributed by atoms with E-state index in [1.807, 2.05) is 20.8 Å². The number of ether oxygens (including phenoxy) is 1. The average Bonchev–Trinajstić information content (AvgIpc) is 2.54. The molecule has 1 aliphatic heterocycles. The lowest BCUT2D eigenvalue weighted by Crippen LogP contribution is -2.26. The van der Waals surface area contributed by atoms with Crippen LogP contribution in [0.4, 0.5) is 0 Å². The Morgan fingerprint density at radius 3 is 2.39 bits per heavy atom. The SMILES string of the molecule is CC(C)(C)OC=O.NCc1cc(C2CCNCC2)ccc1CBr. The van der Waals surface area contributed by atoms with Crippen LogP contribution in [0, 0.1) is 0 Å².